The number of esters is 1. The van der Waals surface area contributed by atoms with E-state index >= 15 is 0 Å². The highest BCUT2D eigenvalue weighted by Gasteiger charge is 2.24. The molecule has 0 amide bonds. The number of ether oxygens (including phenoxy) is 1. The summed E-state index contributed by atoms with van der Waals surface area (Å²) in [6, 6.07) is 0. The molecule has 0 bridgehead atoms. The molecule has 1 saturated heterocycles. The predicted molar refractivity (Wildman–Crippen MR) is 64.1 cm³/mol. The Bertz CT molecular complexity index is 378. The number of nitrogens with zero attached hydrogens (tertiary/aromatic N) is 2. The van der Waals surface area contributed by atoms with Gasteiger partial charge in [0.1, 0.15) is 4.88 Å². The van der Waals surface area contributed by atoms with Gasteiger partial charge in [-0.2, -0.15) is 0 Å². The first kappa shape index (κ1) is 11.4. The molecule has 1 aromatic heterocycles. The van der Waals surface area contributed by atoms with Crippen LogP contribution >= 0.6 is 11.3 Å². The van der Waals surface area contributed by atoms with Gasteiger partial charge in [-0.3, -0.25) is 0 Å². The van der Waals surface area contributed by atoms with Crippen molar-refractivity contribution in [1.82, 2.24) is 4.98 Å². The first-order chi connectivity index (χ1) is 7.74. The fraction of sp³-hybridized carbons (Fsp3) is 0.636. The third kappa shape index (κ3) is 2.19. The average Bonchev–Trinajstić information content (AvgIpc) is 2.95. The average molecular weight is 240 g/mol. The van der Waals surface area contributed by atoms with E-state index in [2.05, 4.69) is 21.5 Å². The van der Waals surface area contributed by atoms with Crippen LogP contribution in [0.4, 0.5) is 5.13 Å². The van der Waals surface area contributed by atoms with E-state index in [-0.39, 0.29) is 5.97 Å². The maximum atomic E-state index is 11.3. The second kappa shape index (κ2) is 4.82. The first-order valence-corrected chi connectivity index (χ1v) is 6.35. The number of hydrogen-bond donors (Lipinski definition) is 0. The van der Waals surface area contributed by atoms with E-state index in [0.717, 1.165) is 24.1 Å². The molecule has 1 atom stereocenters. The lowest BCUT2D eigenvalue weighted by molar-refractivity contribution is 0.0606. The Labute approximate surface area is 99.2 Å². The van der Waals surface area contributed by atoms with Crippen LogP contribution < -0.4 is 4.90 Å². The minimum Gasteiger partial charge on any atom is -0.465 e. The van der Waals surface area contributed by atoms with E-state index in [1.54, 1.807) is 6.20 Å². The van der Waals surface area contributed by atoms with Gasteiger partial charge in [0.25, 0.3) is 0 Å². The number of thiazole rings is 1. The molecule has 1 fully saturated rings. The van der Waals surface area contributed by atoms with Gasteiger partial charge in [0.2, 0.25) is 0 Å². The van der Waals surface area contributed by atoms with Crippen molar-refractivity contribution in [2.45, 2.75) is 19.8 Å². The summed E-state index contributed by atoms with van der Waals surface area (Å²) in [6.45, 7) is 4.33. The van der Waals surface area contributed by atoms with Gasteiger partial charge < -0.3 is 9.64 Å². The molecular weight excluding hydrogens is 224 g/mol. The maximum Gasteiger partial charge on any atom is 0.349 e. The van der Waals surface area contributed by atoms with Crippen molar-refractivity contribution in [3.63, 3.8) is 0 Å². The van der Waals surface area contributed by atoms with Crippen LogP contribution in [0.5, 0.6) is 0 Å². The highest BCUT2D eigenvalue weighted by molar-refractivity contribution is 7.17. The molecule has 2 rings (SSSR count). The number of carbonyl (C=O) groups excluding carboxylic acids is 1. The first-order valence-electron chi connectivity index (χ1n) is 5.53. The molecule has 0 aliphatic carbocycles. The van der Waals surface area contributed by atoms with Crippen molar-refractivity contribution in [2.75, 3.05) is 25.1 Å². The molecule has 0 aromatic carbocycles. The Morgan fingerprint density at radius 3 is 3.19 bits per heavy atom. The van der Waals surface area contributed by atoms with Crippen molar-refractivity contribution >= 4 is 22.4 Å². The summed E-state index contributed by atoms with van der Waals surface area (Å²) in [5.41, 5.74) is 0. The zero-order chi connectivity index (χ0) is 11.5. The summed E-state index contributed by atoms with van der Waals surface area (Å²) in [5, 5.41) is 0.941. The highest BCUT2D eigenvalue weighted by atomic mass is 32.1. The smallest absolute Gasteiger partial charge is 0.349 e. The van der Waals surface area contributed by atoms with E-state index in [9.17, 15) is 4.79 Å². The summed E-state index contributed by atoms with van der Waals surface area (Å²) < 4.78 is 4.67. The molecule has 16 heavy (non-hydrogen) atoms. The van der Waals surface area contributed by atoms with E-state index in [1.807, 2.05) is 0 Å². The van der Waals surface area contributed by atoms with Crippen LogP contribution in [0.25, 0.3) is 0 Å². The van der Waals surface area contributed by atoms with Gasteiger partial charge >= 0.3 is 5.97 Å². The fourth-order valence-corrected chi connectivity index (χ4v) is 2.81. The molecule has 1 aromatic rings. The molecule has 1 aliphatic heterocycles. The third-order valence-electron chi connectivity index (χ3n) is 3.01. The van der Waals surface area contributed by atoms with Crippen LogP contribution in [0.15, 0.2) is 6.20 Å². The second-order valence-electron chi connectivity index (χ2n) is 4.01. The standard InChI is InChI=1S/C11H16N2O2S/c1-3-8-4-5-13(7-8)11-12-6-9(16-11)10(14)15-2/h6,8H,3-5,7H2,1-2H3. The van der Waals surface area contributed by atoms with Gasteiger partial charge in [-0.05, 0) is 12.3 Å². The third-order valence-corrected chi connectivity index (χ3v) is 4.05. The van der Waals surface area contributed by atoms with Crippen LogP contribution in [-0.2, 0) is 4.74 Å². The van der Waals surface area contributed by atoms with Crippen LogP contribution in [0.2, 0.25) is 0 Å². The zero-order valence-electron chi connectivity index (χ0n) is 9.60. The Kier molecular flexibility index (Phi) is 3.43. The number of aromatic nitrogens is 1. The Morgan fingerprint density at radius 2 is 2.56 bits per heavy atom. The molecule has 88 valence electrons. The maximum absolute atomic E-state index is 11.3. The normalized spacial score (nSPS) is 20.1. The number of rotatable bonds is 3. The molecule has 4 nitrogen and oxygen atoms in total. The lowest BCUT2D eigenvalue weighted by atomic mass is 10.1. The summed E-state index contributed by atoms with van der Waals surface area (Å²) >= 11 is 1.42. The van der Waals surface area contributed by atoms with Crippen molar-refractivity contribution in [1.29, 1.82) is 0 Å². The van der Waals surface area contributed by atoms with Crippen LogP contribution in [0.1, 0.15) is 29.4 Å². The Hall–Kier alpha value is -1.10. The number of carbonyl (C=O) groups is 1. The summed E-state index contributed by atoms with van der Waals surface area (Å²) in [4.78, 5) is 18.4. The SMILES string of the molecule is CCC1CCN(c2ncc(C(=O)OC)s2)C1. The van der Waals surface area contributed by atoms with Gasteiger partial charge in [-0.1, -0.05) is 24.7 Å². The van der Waals surface area contributed by atoms with Crippen LogP contribution in [0, 0.1) is 5.92 Å². The molecule has 1 aliphatic rings. The Morgan fingerprint density at radius 1 is 1.75 bits per heavy atom. The quantitative estimate of drug-likeness (QED) is 0.759. The van der Waals surface area contributed by atoms with Gasteiger partial charge in [-0.25, -0.2) is 9.78 Å². The van der Waals surface area contributed by atoms with E-state index in [0.29, 0.717) is 4.88 Å². The summed E-state index contributed by atoms with van der Waals surface area (Å²) in [5.74, 6) is 0.473. The Balaban J connectivity index is 2.05. The van der Waals surface area contributed by atoms with Crippen LogP contribution in [0.3, 0.4) is 0 Å². The number of hydrogen-bond acceptors (Lipinski definition) is 5. The number of anilines is 1. The molecule has 0 N–H and O–H groups in total. The molecule has 0 spiro atoms. The van der Waals surface area contributed by atoms with E-state index < -0.39 is 0 Å². The molecule has 0 radical (unpaired) electrons. The topological polar surface area (TPSA) is 42.4 Å². The summed E-state index contributed by atoms with van der Waals surface area (Å²) in [7, 11) is 1.39. The minimum atomic E-state index is -0.296. The van der Waals surface area contributed by atoms with Crippen molar-refractivity contribution in [3.05, 3.63) is 11.1 Å². The molecule has 1 unspecified atom stereocenters. The van der Waals surface area contributed by atoms with Crippen molar-refractivity contribution in [2.24, 2.45) is 5.92 Å². The lowest BCUT2D eigenvalue weighted by Gasteiger charge is -2.13. The lowest BCUT2D eigenvalue weighted by Crippen LogP contribution is -2.18. The van der Waals surface area contributed by atoms with Crippen molar-refractivity contribution in [3.8, 4) is 0 Å². The van der Waals surface area contributed by atoms with Crippen LogP contribution in [-0.4, -0.2) is 31.2 Å². The van der Waals surface area contributed by atoms with Gasteiger partial charge in [-0.15, -0.1) is 0 Å². The predicted octanol–water partition coefficient (Wildman–Crippen LogP) is 2.17. The van der Waals surface area contributed by atoms with Gasteiger partial charge in [0, 0.05) is 13.1 Å². The van der Waals surface area contributed by atoms with Gasteiger partial charge in [0.15, 0.2) is 5.13 Å². The zero-order valence-corrected chi connectivity index (χ0v) is 10.4. The van der Waals surface area contributed by atoms with E-state index in [4.69, 9.17) is 0 Å². The molecule has 0 saturated carbocycles. The monoisotopic (exact) mass is 240 g/mol. The minimum absolute atomic E-state index is 0.296. The van der Waals surface area contributed by atoms with E-state index in [1.165, 1.54) is 31.3 Å². The largest absolute Gasteiger partial charge is 0.465 e. The summed E-state index contributed by atoms with van der Waals surface area (Å²) in [6.07, 6.45) is 4.04. The fourth-order valence-electron chi connectivity index (χ4n) is 1.95. The molecule has 5 heteroatoms. The van der Waals surface area contributed by atoms with Gasteiger partial charge in [0.05, 0.1) is 13.3 Å². The number of methoxy groups -OCH3 is 1. The molecule has 2 heterocycles. The molecular formula is C11H16N2O2S. The second-order valence-corrected chi connectivity index (χ2v) is 5.02. The highest BCUT2D eigenvalue weighted by Crippen LogP contribution is 2.29. The van der Waals surface area contributed by atoms with Crippen molar-refractivity contribution < 1.29 is 9.53 Å².